The molecule has 0 fully saturated rings. The molecule has 0 saturated carbocycles. The van der Waals surface area contributed by atoms with Crippen LogP contribution in [0.5, 0.6) is 0 Å². The molecule has 0 aliphatic carbocycles. The predicted molar refractivity (Wildman–Crippen MR) is 59.5 cm³/mol. The van der Waals surface area contributed by atoms with E-state index in [9.17, 15) is 4.79 Å². The third-order valence-electron chi connectivity index (χ3n) is 2.50. The van der Waals surface area contributed by atoms with E-state index in [4.69, 9.17) is 5.11 Å². The first-order chi connectivity index (χ1) is 7.68. The van der Waals surface area contributed by atoms with E-state index in [2.05, 4.69) is 10.2 Å². The zero-order valence-corrected chi connectivity index (χ0v) is 8.90. The maximum absolute atomic E-state index is 10.9. The van der Waals surface area contributed by atoms with Gasteiger partial charge in [-0.1, -0.05) is 30.3 Å². The number of benzene rings is 1. The molecule has 1 aromatic heterocycles. The zero-order chi connectivity index (χ0) is 11.5. The van der Waals surface area contributed by atoms with E-state index in [0.717, 1.165) is 16.8 Å². The molecule has 0 amide bonds. The van der Waals surface area contributed by atoms with Gasteiger partial charge in [0.15, 0.2) is 5.69 Å². The number of aromatic amines is 1. The van der Waals surface area contributed by atoms with Crippen molar-refractivity contribution in [3.05, 3.63) is 52.8 Å². The van der Waals surface area contributed by atoms with Gasteiger partial charge >= 0.3 is 5.97 Å². The van der Waals surface area contributed by atoms with E-state index in [1.807, 2.05) is 37.3 Å². The smallest absolute Gasteiger partial charge is 0.356 e. The van der Waals surface area contributed by atoms with Crippen LogP contribution in [-0.4, -0.2) is 21.3 Å². The SMILES string of the molecule is Cc1[nH]nc(C(=O)O)c1Cc1ccccc1. The van der Waals surface area contributed by atoms with Crippen LogP contribution in [0.2, 0.25) is 0 Å². The first-order valence-electron chi connectivity index (χ1n) is 4.99. The van der Waals surface area contributed by atoms with Gasteiger partial charge in [0.25, 0.3) is 0 Å². The molecular weight excluding hydrogens is 204 g/mol. The summed E-state index contributed by atoms with van der Waals surface area (Å²) in [5.74, 6) is -0.990. The van der Waals surface area contributed by atoms with Crippen molar-refractivity contribution < 1.29 is 9.90 Å². The summed E-state index contributed by atoms with van der Waals surface area (Å²) in [5.41, 5.74) is 2.75. The first kappa shape index (κ1) is 10.4. The van der Waals surface area contributed by atoms with Crippen LogP contribution in [-0.2, 0) is 6.42 Å². The van der Waals surface area contributed by atoms with Gasteiger partial charge in [0.2, 0.25) is 0 Å². The summed E-state index contributed by atoms with van der Waals surface area (Å²) in [6.07, 6.45) is 0.588. The van der Waals surface area contributed by atoms with Crippen molar-refractivity contribution in [3.63, 3.8) is 0 Å². The number of nitrogens with zero attached hydrogens (tertiary/aromatic N) is 1. The molecule has 4 nitrogen and oxygen atoms in total. The Labute approximate surface area is 92.9 Å². The van der Waals surface area contributed by atoms with E-state index >= 15 is 0 Å². The van der Waals surface area contributed by atoms with E-state index in [1.54, 1.807) is 0 Å². The molecule has 82 valence electrons. The Balaban J connectivity index is 2.34. The molecular formula is C12H12N2O2. The monoisotopic (exact) mass is 216 g/mol. The summed E-state index contributed by atoms with van der Waals surface area (Å²) in [5, 5.41) is 15.5. The lowest BCUT2D eigenvalue weighted by Gasteiger charge is -2.01. The van der Waals surface area contributed by atoms with Crippen molar-refractivity contribution in [1.29, 1.82) is 0 Å². The molecule has 4 heteroatoms. The molecule has 0 unspecified atom stereocenters. The van der Waals surface area contributed by atoms with Crippen LogP contribution in [0.3, 0.4) is 0 Å². The van der Waals surface area contributed by atoms with Crippen molar-refractivity contribution in [2.45, 2.75) is 13.3 Å². The highest BCUT2D eigenvalue weighted by molar-refractivity contribution is 5.87. The summed E-state index contributed by atoms with van der Waals surface area (Å²) >= 11 is 0. The highest BCUT2D eigenvalue weighted by Crippen LogP contribution is 2.15. The molecule has 1 heterocycles. The van der Waals surface area contributed by atoms with Gasteiger partial charge in [0.1, 0.15) is 0 Å². The van der Waals surface area contributed by atoms with Gasteiger partial charge < -0.3 is 5.11 Å². The van der Waals surface area contributed by atoms with Crippen LogP contribution < -0.4 is 0 Å². The molecule has 0 aliphatic heterocycles. The highest BCUT2D eigenvalue weighted by Gasteiger charge is 2.16. The largest absolute Gasteiger partial charge is 0.476 e. The van der Waals surface area contributed by atoms with Gasteiger partial charge in [-0.15, -0.1) is 0 Å². The van der Waals surface area contributed by atoms with Gasteiger partial charge in [0, 0.05) is 17.7 Å². The van der Waals surface area contributed by atoms with Crippen molar-refractivity contribution in [2.75, 3.05) is 0 Å². The van der Waals surface area contributed by atoms with E-state index < -0.39 is 5.97 Å². The fourth-order valence-corrected chi connectivity index (χ4v) is 1.65. The van der Waals surface area contributed by atoms with Crippen LogP contribution in [0, 0.1) is 6.92 Å². The van der Waals surface area contributed by atoms with Gasteiger partial charge in [-0.05, 0) is 12.5 Å². The molecule has 0 saturated heterocycles. The standard InChI is InChI=1S/C12H12N2O2/c1-8-10(11(12(15)16)14-13-8)7-9-5-3-2-4-6-9/h2-6H,7H2,1H3,(H,13,14)(H,15,16). The van der Waals surface area contributed by atoms with Crippen LogP contribution in [0.4, 0.5) is 0 Å². The topological polar surface area (TPSA) is 66.0 Å². The minimum Gasteiger partial charge on any atom is -0.476 e. The minimum atomic E-state index is -0.990. The number of carbonyl (C=O) groups is 1. The lowest BCUT2D eigenvalue weighted by Crippen LogP contribution is -2.02. The number of aromatic nitrogens is 2. The second-order valence-corrected chi connectivity index (χ2v) is 3.64. The van der Waals surface area contributed by atoms with Crippen molar-refractivity contribution in [1.82, 2.24) is 10.2 Å². The molecule has 2 N–H and O–H groups in total. The lowest BCUT2D eigenvalue weighted by molar-refractivity contribution is 0.0689. The third kappa shape index (κ3) is 1.95. The Morgan fingerprint density at radius 3 is 2.69 bits per heavy atom. The molecule has 0 radical (unpaired) electrons. The van der Waals surface area contributed by atoms with Gasteiger partial charge in [-0.25, -0.2) is 4.79 Å². The fourth-order valence-electron chi connectivity index (χ4n) is 1.65. The summed E-state index contributed by atoms with van der Waals surface area (Å²) in [4.78, 5) is 10.9. The highest BCUT2D eigenvalue weighted by atomic mass is 16.4. The Bertz CT molecular complexity index is 503. The minimum absolute atomic E-state index is 0.112. The number of aryl methyl sites for hydroxylation is 1. The number of nitrogens with one attached hydrogen (secondary N) is 1. The normalized spacial score (nSPS) is 10.3. The summed E-state index contributed by atoms with van der Waals surface area (Å²) in [6, 6.07) is 9.75. The maximum Gasteiger partial charge on any atom is 0.356 e. The second-order valence-electron chi connectivity index (χ2n) is 3.64. The quantitative estimate of drug-likeness (QED) is 0.824. The summed E-state index contributed by atoms with van der Waals surface area (Å²) in [6.45, 7) is 1.83. The number of H-pyrrole nitrogens is 1. The lowest BCUT2D eigenvalue weighted by atomic mass is 10.0. The molecule has 16 heavy (non-hydrogen) atoms. The van der Waals surface area contributed by atoms with Crippen LogP contribution in [0.15, 0.2) is 30.3 Å². The first-order valence-corrected chi connectivity index (χ1v) is 4.99. The third-order valence-corrected chi connectivity index (χ3v) is 2.50. The van der Waals surface area contributed by atoms with E-state index in [0.29, 0.717) is 6.42 Å². The van der Waals surface area contributed by atoms with Crippen LogP contribution in [0.1, 0.15) is 27.3 Å². The van der Waals surface area contributed by atoms with Gasteiger partial charge in [0.05, 0.1) is 0 Å². The average molecular weight is 216 g/mol. The van der Waals surface area contributed by atoms with Crippen LogP contribution in [0.25, 0.3) is 0 Å². The number of carboxylic acids is 1. The maximum atomic E-state index is 10.9. The molecule has 2 aromatic rings. The van der Waals surface area contributed by atoms with Gasteiger partial charge in [-0.3, -0.25) is 5.10 Å². The molecule has 0 atom stereocenters. The molecule has 0 aliphatic rings. The van der Waals surface area contributed by atoms with E-state index in [-0.39, 0.29) is 5.69 Å². The Kier molecular flexibility index (Phi) is 2.72. The molecule has 0 bridgehead atoms. The van der Waals surface area contributed by atoms with Crippen LogP contribution >= 0.6 is 0 Å². The summed E-state index contributed by atoms with van der Waals surface area (Å²) < 4.78 is 0. The Morgan fingerprint density at radius 1 is 1.38 bits per heavy atom. The second kappa shape index (κ2) is 4.18. The van der Waals surface area contributed by atoms with Crippen molar-refractivity contribution in [2.24, 2.45) is 0 Å². The average Bonchev–Trinajstić information content (AvgIpc) is 2.62. The predicted octanol–water partition coefficient (Wildman–Crippen LogP) is 2.01. The molecule has 1 aromatic carbocycles. The van der Waals surface area contributed by atoms with E-state index in [1.165, 1.54) is 0 Å². The number of rotatable bonds is 3. The van der Waals surface area contributed by atoms with Gasteiger partial charge in [-0.2, -0.15) is 5.10 Å². The number of aromatic carboxylic acids is 1. The zero-order valence-electron chi connectivity index (χ0n) is 8.90. The Hall–Kier alpha value is -2.10. The fraction of sp³-hybridized carbons (Fsp3) is 0.167. The molecule has 2 rings (SSSR count). The summed E-state index contributed by atoms with van der Waals surface area (Å²) in [7, 11) is 0. The Morgan fingerprint density at radius 2 is 2.06 bits per heavy atom. The number of hydrogen-bond acceptors (Lipinski definition) is 2. The number of carboxylic acid groups (broad SMARTS) is 1. The van der Waals surface area contributed by atoms with Crippen molar-refractivity contribution in [3.8, 4) is 0 Å². The number of hydrogen-bond donors (Lipinski definition) is 2. The molecule has 0 spiro atoms. The van der Waals surface area contributed by atoms with Crippen molar-refractivity contribution >= 4 is 5.97 Å².